The summed E-state index contributed by atoms with van der Waals surface area (Å²) in [5, 5.41) is 21.1. The van der Waals surface area contributed by atoms with Crippen molar-refractivity contribution < 1.29 is 28.2 Å². The summed E-state index contributed by atoms with van der Waals surface area (Å²) in [6.45, 7) is -4.22. The molecular weight excluding hydrogens is 355 g/mol. The first kappa shape index (κ1) is 18.0. The van der Waals surface area contributed by atoms with Crippen molar-refractivity contribution in [3.63, 3.8) is 0 Å². The molecule has 24 heavy (non-hydrogen) atoms. The molecule has 2 rings (SSSR count). The van der Waals surface area contributed by atoms with Gasteiger partial charge in [-0.25, -0.2) is 13.8 Å². The van der Waals surface area contributed by atoms with Crippen molar-refractivity contribution >= 4 is 17.6 Å². The van der Waals surface area contributed by atoms with Gasteiger partial charge in [-0.1, -0.05) is 11.6 Å². The number of aliphatic hydroxyl groups is 1. The summed E-state index contributed by atoms with van der Waals surface area (Å²) < 4.78 is 40.1. The fourth-order valence-electron chi connectivity index (χ4n) is 2.06. The molecule has 0 aliphatic heterocycles. The molecule has 2 N–H and O–H groups in total. The molecule has 0 saturated heterocycles. The molecular formula is C13H11ClF3N3O4. The predicted octanol–water partition coefficient (Wildman–Crippen LogP) is 1.73. The normalized spacial score (nSPS) is 11.2. The lowest BCUT2D eigenvalue weighted by Crippen LogP contribution is -2.25. The summed E-state index contributed by atoms with van der Waals surface area (Å²) in [7, 11) is 0. The maximum Gasteiger partial charge on any atom is 0.355 e. The van der Waals surface area contributed by atoms with Gasteiger partial charge < -0.3 is 10.2 Å². The number of nitrogens with zero attached hydrogens (tertiary/aromatic N) is 3. The maximum atomic E-state index is 14.1. The predicted molar refractivity (Wildman–Crippen MR) is 75.9 cm³/mol. The fourth-order valence-corrected chi connectivity index (χ4v) is 2.30. The smallest absolute Gasteiger partial charge is 0.355 e. The number of carboxylic acids is 1. The molecule has 7 nitrogen and oxygen atoms in total. The Bertz CT molecular complexity index is 835. The third-order valence-corrected chi connectivity index (χ3v) is 3.52. The summed E-state index contributed by atoms with van der Waals surface area (Å²) in [4.78, 5) is 22.6. The van der Waals surface area contributed by atoms with E-state index >= 15 is 0 Å². The lowest BCUT2D eigenvalue weighted by atomic mass is 10.1. The molecule has 0 atom stereocenters. The van der Waals surface area contributed by atoms with Gasteiger partial charge in [0.2, 0.25) is 0 Å². The van der Waals surface area contributed by atoms with E-state index in [2.05, 4.69) is 5.10 Å². The van der Waals surface area contributed by atoms with Crippen molar-refractivity contribution in [1.82, 2.24) is 14.3 Å². The molecule has 1 aromatic carbocycles. The first-order valence-corrected chi connectivity index (χ1v) is 6.93. The quantitative estimate of drug-likeness (QED) is 0.812. The second kappa shape index (κ2) is 7.05. The highest BCUT2D eigenvalue weighted by atomic mass is 35.5. The largest absolute Gasteiger partial charge is 0.481 e. The van der Waals surface area contributed by atoms with E-state index in [-0.39, 0.29) is 28.0 Å². The van der Waals surface area contributed by atoms with Gasteiger partial charge in [-0.3, -0.25) is 4.79 Å². The van der Waals surface area contributed by atoms with Gasteiger partial charge >= 0.3 is 18.2 Å². The number of aryl methyl sites for hydroxylation is 1. The van der Waals surface area contributed by atoms with Crippen LogP contribution in [0.15, 0.2) is 16.9 Å². The summed E-state index contributed by atoms with van der Waals surface area (Å²) in [5.41, 5.74) is -1.61. The molecule has 0 radical (unpaired) electrons. The summed E-state index contributed by atoms with van der Waals surface area (Å²) >= 11 is 5.82. The number of hydrogen-bond donors (Lipinski definition) is 2. The number of aliphatic hydroxyl groups excluding tert-OH is 1. The van der Waals surface area contributed by atoms with Gasteiger partial charge in [0.15, 0.2) is 11.6 Å². The maximum absolute atomic E-state index is 14.1. The highest BCUT2D eigenvalue weighted by molar-refractivity contribution is 6.31. The van der Waals surface area contributed by atoms with Gasteiger partial charge in [-0.05, 0) is 24.1 Å². The lowest BCUT2D eigenvalue weighted by Gasteiger charge is -2.08. The number of carboxylic acid groups (broad SMARTS) is 1. The van der Waals surface area contributed by atoms with Crippen molar-refractivity contribution in [2.45, 2.75) is 26.0 Å². The van der Waals surface area contributed by atoms with Crippen LogP contribution in [0, 0.1) is 5.82 Å². The van der Waals surface area contributed by atoms with Crippen LogP contribution in [-0.2, 0) is 17.8 Å². The van der Waals surface area contributed by atoms with Crippen LogP contribution in [0.4, 0.5) is 13.2 Å². The van der Waals surface area contributed by atoms with Crippen molar-refractivity contribution in [3.05, 3.63) is 44.8 Å². The molecule has 2 aromatic rings. The van der Waals surface area contributed by atoms with Gasteiger partial charge in [0, 0.05) is 11.4 Å². The monoisotopic (exact) mass is 365 g/mol. The van der Waals surface area contributed by atoms with Gasteiger partial charge in [-0.2, -0.15) is 13.5 Å². The molecule has 0 fully saturated rings. The van der Waals surface area contributed by atoms with Crippen LogP contribution in [-0.4, -0.2) is 30.5 Å². The topological polar surface area (TPSA) is 97.3 Å². The lowest BCUT2D eigenvalue weighted by molar-refractivity contribution is -0.136. The molecule has 0 saturated carbocycles. The number of alkyl halides is 2. The fraction of sp³-hybridized carbons (Fsp3) is 0.308. The molecule has 0 unspecified atom stereocenters. The van der Waals surface area contributed by atoms with Crippen LogP contribution in [0.3, 0.4) is 0 Å². The molecule has 0 aliphatic rings. The average Bonchev–Trinajstić information content (AvgIpc) is 2.83. The number of carbonyl (C=O) groups is 1. The Morgan fingerprint density at radius 2 is 2.04 bits per heavy atom. The van der Waals surface area contributed by atoms with Crippen molar-refractivity contribution in [1.29, 1.82) is 0 Å². The second-order valence-corrected chi connectivity index (χ2v) is 5.11. The Morgan fingerprint density at radius 1 is 1.38 bits per heavy atom. The zero-order chi connectivity index (χ0) is 18.0. The third kappa shape index (κ3) is 3.44. The van der Waals surface area contributed by atoms with E-state index in [1.807, 2.05) is 0 Å². The minimum absolute atomic E-state index is 0.0569. The van der Waals surface area contributed by atoms with E-state index in [1.54, 1.807) is 0 Å². The van der Waals surface area contributed by atoms with Crippen LogP contribution in [0.2, 0.25) is 5.02 Å². The molecule has 0 bridgehead atoms. The number of aromatic nitrogens is 3. The Balaban J connectivity index is 2.58. The van der Waals surface area contributed by atoms with Crippen molar-refractivity contribution in [3.8, 4) is 5.69 Å². The molecule has 0 aliphatic carbocycles. The van der Waals surface area contributed by atoms with Gasteiger partial charge in [0.1, 0.15) is 12.3 Å². The summed E-state index contributed by atoms with van der Waals surface area (Å²) in [6.07, 6.45) is -0.355. The Morgan fingerprint density at radius 3 is 2.54 bits per heavy atom. The Kier molecular flexibility index (Phi) is 5.30. The van der Waals surface area contributed by atoms with Crippen LogP contribution >= 0.6 is 11.6 Å². The summed E-state index contributed by atoms with van der Waals surface area (Å²) in [6, 6.07) is 1.90. The molecule has 130 valence electrons. The Hall–Kier alpha value is -2.33. The summed E-state index contributed by atoms with van der Waals surface area (Å²) in [5.74, 6) is -2.76. The van der Waals surface area contributed by atoms with E-state index in [4.69, 9.17) is 21.8 Å². The minimum atomic E-state index is -3.27. The minimum Gasteiger partial charge on any atom is -0.481 e. The zero-order valence-corrected chi connectivity index (χ0v) is 12.7. The number of hydrogen-bond acceptors (Lipinski definition) is 4. The van der Waals surface area contributed by atoms with E-state index in [9.17, 15) is 22.8 Å². The van der Waals surface area contributed by atoms with E-state index in [1.165, 1.54) is 0 Å². The van der Waals surface area contributed by atoms with Crippen molar-refractivity contribution in [2.24, 2.45) is 0 Å². The first-order valence-electron chi connectivity index (χ1n) is 6.55. The van der Waals surface area contributed by atoms with Crippen LogP contribution in [0.5, 0.6) is 0 Å². The molecule has 0 spiro atoms. The van der Waals surface area contributed by atoms with E-state index in [0.29, 0.717) is 4.68 Å². The molecule has 1 aromatic heterocycles. The van der Waals surface area contributed by atoms with Gasteiger partial charge in [-0.15, -0.1) is 5.10 Å². The van der Waals surface area contributed by atoms with E-state index in [0.717, 1.165) is 12.1 Å². The average molecular weight is 366 g/mol. The number of rotatable bonds is 6. The Labute approximate surface area is 137 Å². The van der Waals surface area contributed by atoms with E-state index < -0.39 is 42.1 Å². The van der Waals surface area contributed by atoms with Crippen LogP contribution < -0.4 is 5.69 Å². The highest BCUT2D eigenvalue weighted by Gasteiger charge is 2.22. The highest BCUT2D eigenvalue weighted by Crippen LogP contribution is 2.24. The zero-order valence-electron chi connectivity index (χ0n) is 11.9. The number of halogens is 4. The van der Waals surface area contributed by atoms with Crippen LogP contribution in [0.25, 0.3) is 5.69 Å². The third-order valence-electron chi connectivity index (χ3n) is 3.17. The molecule has 0 amide bonds. The van der Waals surface area contributed by atoms with Gasteiger partial charge in [0.25, 0.3) is 0 Å². The van der Waals surface area contributed by atoms with Gasteiger partial charge in [0.05, 0.1) is 0 Å². The SMILES string of the molecule is O=C(O)CCc1cc(-n2nc(CO)n(C(F)F)c2=O)c(F)cc1Cl. The molecule has 1 heterocycles. The standard InChI is InChI=1S/C13H11ClF3N3O4/c14-7-4-8(15)9(3-6(7)1-2-11(22)23)20-13(24)19(12(16)17)10(5-21)18-20/h3-4,12,21H,1-2,5H2,(H,22,23). The first-order chi connectivity index (χ1) is 11.3. The second-order valence-electron chi connectivity index (χ2n) is 4.71. The number of aliphatic carboxylic acids is 1. The van der Waals surface area contributed by atoms with Crippen LogP contribution in [0.1, 0.15) is 24.4 Å². The number of benzene rings is 1. The van der Waals surface area contributed by atoms with Crippen molar-refractivity contribution in [2.75, 3.05) is 0 Å². The molecule has 11 heteroatoms.